The molecule has 0 aromatic heterocycles. The molecular weight excluding hydrogens is 308 g/mol. The highest BCUT2D eigenvalue weighted by molar-refractivity contribution is 6.30. The van der Waals surface area contributed by atoms with E-state index in [2.05, 4.69) is 55.2 Å². The summed E-state index contributed by atoms with van der Waals surface area (Å²) in [6.07, 6.45) is 7.35. The van der Waals surface area contributed by atoms with Gasteiger partial charge in [0.05, 0.1) is 6.10 Å². The molecule has 1 aliphatic carbocycles. The zero-order chi connectivity index (χ0) is 16.4. The summed E-state index contributed by atoms with van der Waals surface area (Å²) in [5, 5.41) is 11.5. The van der Waals surface area contributed by atoms with Crippen LogP contribution >= 0.6 is 11.6 Å². The van der Waals surface area contributed by atoms with Gasteiger partial charge in [-0.3, -0.25) is 0 Å². The third kappa shape index (κ3) is 1.99. The van der Waals surface area contributed by atoms with Gasteiger partial charge >= 0.3 is 0 Å². The Morgan fingerprint density at radius 3 is 2.83 bits per heavy atom. The highest BCUT2D eigenvalue weighted by Crippen LogP contribution is 2.59. The Morgan fingerprint density at radius 2 is 2.09 bits per heavy atom. The van der Waals surface area contributed by atoms with Gasteiger partial charge in [0.15, 0.2) is 0 Å². The third-order valence-corrected chi connectivity index (χ3v) is 6.18. The van der Waals surface area contributed by atoms with Crippen LogP contribution in [0.4, 0.5) is 0 Å². The third-order valence-electron chi connectivity index (χ3n) is 5.95. The maximum atomic E-state index is 10.8. The monoisotopic (exact) mass is 330 g/mol. The van der Waals surface area contributed by atoms with Crippen molar-refractivity contribution in [3.05, 3.63) is 58.9 Å². The predicted molar refractivity (Wildman–Crippen MR) is 93.0 cm³/mol. The van der Waals surface area contributed by atoms with Crippen LogP contribution < -0.4 is 0 Å². The van der Waals surface area contributed by atoms with Gasteiger partial charge < -0.3 is 14.9 Å². The number of fused-ring (bicyclic) bond motifs is 3. The molecule has 1 aromatic rings. The summed E-state index contributed by atoms with van der Waals surface area (Å²) in [4.78, 5) is 4.66. The molecule has 1 aromatic carbocycles. The molecule has 122 valence electrons. The van der Waals surface area contributed by atoms with Crippen molar-refractivity contribution in [3.63, 3.8) is 0 Å². The molecule has 4 heteroatoms. The molecule has 3 aliphatic rings. The number of hydrogen-bond acceptors (Lipinski definition) is 3. The van der Waals surface area contributed by atoms with Gasteiger partial charge in [-0.1, -0.05) is 42.8 Å². The van der Waals surface area contributed by atoms with Crippen molar-refractivity contribution >= 4 is 11.6 Å². The molecule has 2 aliphatic heterocycles. The first-order valence-corrected chi connectivity index (χ1v) is 8.59. The van der Waals surface area contributed by atoms with Gasteiger partial charge in [0.1, 0.15) is 6.17 Å². The molecule has 2 heterocycles. The van der Waals surface area contributed by atoms with E-state index in [1.807, 2.05) is 18.2 Å². The number of rotatable bonds is 1. The second kappa shape index (κ2) is 5.02. The zero-order valence-electron chi connectivity index (χ0n) is 13.8. The Kier molecular flexibility index (Phi) is 3.30. The quantitative estimate of drug-likeness (QED) is 0.854. The Balaban J connectivity index is 1.85. The molecule has 1 fully saturated rings. The molecular formula is C19H23ClN2O. The summed E-state index contributed by atoms with van der Waals surface area (Å²) in [5.41, 5.74) is 2.48. The number of hydrogen-bond donors (Lipinski definition) is 1. The molecule has 0 amide bonds. The minimum Gasteiger partial charge on any atom is -0.392 e. The van der Waals surface area contributed by atoms with E-state index in [4.69, 9.17) is 11.6 Å². The second-order valence-electron chi connectivity index (χ2n) is 7.32. The van der Waals surface area contributed by atoms with Crippen molar-refractivity contribution in [2.24, 2.45) is 11.3 Å². The number of allylic oxidation sites excluding steroid dienone is 1. The van der Waals surface area contributed by atoms with E-state index < -0.39 is 0 Å². The number of aliphatic hydroxyl groups is 1. The summed E-state index contributed by atoms with van der Waals surface area (Å²) in [6, 6.07) is 7.99. The Bertz CT molecular complexity index is 700. The molecule has 5 unspecified atom stereocenters. The number of likely N-dealkylation sites (tertiary alicyclic amines) is 1. The van der Waals surface area contributed by atoms with Crippen LogP contribution in [0.1, 0.15) is 24.8 Å². The fourth-order valence-electron chi connectivity index (χ4n) is 5.10. The molecule has 0 radical (unpaired) electrons. The van der Waals surface area contributed by atoms with Gasteiger partial charge in [-0.05, 0) is 30.3 Å². The number of benzene rings is 1. The van der Waals surface area contributed by atoms with Gasteiger partial charge in [0.2, 0.25) is 0 Å². The lowest BCUT2D eigenvalue weighted by Gasteiger charge is -2.39. The lowest BCUT2D eigenvalue weighted by molar-refractivity contribution is 0.0771. The van der Waals surface area contributed by atoms with Crippen molar-refractivity contribution in [2.45, 2.75) is 31.5 Å². The van der Waals surface area contributed by atoms with Crippen LogP contribution in [0.3, 0.4) is 0 Å². The van der Waals surface area contributed by atoms with Crippen LogP contribution in [0.25, 0.3) is 0 Å². The molecule has 0 saturated carbocycles. The van der Waals surface area contributed by atoms with Crippen LogP contribution in [-0.2, 0) is 0 Å². The smallest absolute Gasteiger partial charge is 0.110 e. The van der Waals surface area contributed by atoms with E-state index in [1.165, 1.54) is 5.70 Å². The van der Waals surface area contributed by atoms with E-state index in [9.17, 15) is 5.11 Å². The molecule has 3 nitrogen and oxygen atoms in total. The summed E-state index contributed by atoms with van der Waals surface area (Å²) in [5.74, 6) is 0.336. The topological polar surface area (TPSA) is 26.7 Å². The SMILES string of the molecule is CN1C=CC2(C)C3C(=CCC(O)C3c3cccc(Cl)c3)N(C)C12. The number of nitrogens with zero attached hydrogens (tertiary/aromatic N) is 2. The van der Waals surface area contributed by atoms with E-state index in [-0.39, 0.29) is 23.4 Å². The highest BCUT2D eigenvalue weighted by Gasteiger charge is 2.59. The molecule has 23 heavy (non-hydrogen) atoms. The summed E-state index contributed by atoms with van der Waals surface area (Å²) in [7, 11) is 4.30. The minimum absolute atomic E-state index is 0.0102. The van der Waals surface area contributed by atoms with Crippen LogP contribution in [0, 0.1) is 11.3 Å². The zero-order valence-corrected chi connectivity index (χ0v) is 14.5. The Morgan fingerprint density at radius 1 is 1.30 bits per heavy atom. The van der Waals surface area contributed by atoms with Crippen LogP contribution in [-0.4, -0.2) is 41.3 Å². The fourth-order valence-corrected chi connectivity index (χ4v) is 5.30. The fraction of sp³-hybridized carbons (Fsp3) is 0.474. The lowest BCUT2D eigenvalue weighted by atomic mass is 9.65. The van der Waals surface area contributed by atoms with E-state index >= 15 is 0 Å². The van der Waals surface area contributed by atoms with Crippen molar-refractivity contribution in [3.8, 4) is 0 Å². The molecule has 0 bridgehead atoms. The van der Waals surface area contributed by atoms with Gasteiger partial charge in [0, 0.05) is 42.1 Å². The van der Waals surface area contributed by atoms with Gasteiger partial charge in [0.25, 0.3) is 0 Å². The lowest BCUT2D eigenvalue weighted by Crippen LogP contribution is -2.43. The normalized spacial score (nSPS) is 38.6. The highest BCUT2D eigenvalue weighted by atomic mass is 35.5. The largest absolute Gasteiger partial charge is 0.392 e. The Labute approximate surface area is 142 Å². The van der Waals surface area contributed by atoms with Crippen molar-refractivity contribution in [1.82, 2.24) is 9.80 Å². The molecule has 5 atom stereocenters. The summed E-state index contributed by atoms with van der Waals surface area (Å²) >= 11 is 6.22. The van der Waals surface area contributed by atoms with Crippen LogP contribution in [0.5, 0.6) is 0 Å². The molecule has 1 N–H and O–H groups in total. The summed E-state index contributed by atoms with van der Waals surface area (Å²) in [6.45, 7) is 2.31. The van der Waals surface area contributed by atoms with E-state index in [0.717, 1.165) is 10.6 Å². The predicted octanol–water partition coefficient (Wildman–Crippen LogP) is 3.43. The van der Waals surface area contributed by atoms with Gasteiger partial charge in [-0.15, -0.1) is 0 Å². The minimum atomic E-state index is -0.370. The first-order chi connectivity index (χ1) is 10.9. The Hall–Kier alpha value is -1.45. The van der Waals surface area contributed by atoms with Crippen molar-refractivity contribution in [2.75, 3.05) is 14.1 Å². The van der Waals surface area contributed by atoms with Gasteiger partial charge in [-0.25, -0.2) is 0 Å². The van der Waals surface area contributed by atoms with Crippen molar-refractivity contribution in [1.29, 1.82) is 0 Å². The van der Waals surface area contributed by atoms with Gasteiger partial charge in [-0.2, -0.15) is 0 Å². The molecule has 1 saturated heterocycles. The average Bonchev–Trinajstić information content (AvgIpc) is 2.93. The van der Waals surface area contributed by atoms with Crippen molar-refractivity contribution < 1.29 is 5.11 Å². The molecule has 0 spiro atoms. The first kappa shape index (κ1) is 15.1. The summed E-state index contributed by atoms with van der Waals surface area (Å²) < 4.78 is 0. The van der Waals surface area contributed by atoms with E-state index in [0.29, 0.717) is 12.6 Å². The molecule has 4 rings (SSSR count). The maximum Gasteiger partial charge on any atom is 0.110 e. The maximum absolute atomic E-state index is 10.8. The number of halogens is 1. The average molecular weight is 331 g/mol. The van der Waals surface area contributed by atoms with E-state index in [1.54, 1.807) is 0 Å². The first-order valence-electron chi connectivity index (χ1n) is 8.21. The standard InChI is InChI=1S/C19H23ClN2O/c1-19-9-10-21(2)18(19)22(3)14-7-8-15(23)16(17(14)19)12-5-4-6-13(20)11-12/h4-7,9-11,15-18,23H,8H2,1-3H3. The van der Waals surface area contributed by atoms with Crippen LogP contribution in [0.15, 0.2) is 48.3 Å². The van der Waals surface area contributed by atoms with Crippen LogP contribution in [0.2, 0.25) is 5.02 Å². The second-order valence-corrected chi connectivity index (χ2v) is 7.76. The number of aliphatic hydroxyl groups excluding tert-OH is 1.